The number of hydrogen-bond acceptors (Lipinski definition) is 2. The number of rotatable bonds is 4. The average molecular weight is 296 g/mol. The number of carboxylic acid groups (broad SMARTS) is 1. The summed E-state index contributed by atoms with van der Waals surface area (Å²) in [5.74, 6) is -2.01. The molecular formula is C15H18ClNO3. The van der Waals surface area contributed by atoms with Gasteiger partial charge in [0.2, 0.25) is 5.91 Å². The lowest BCUT2D eigenvalue weighted by atomic mass is 9.94. The van der Waals surface area contributed by atoms with Gasteiger partial charge in [0.1, 0.15) is 0 Å². The lowest BCUT2D eigenvalue weighted by Gasteiger charge is -2.20. The zero-order chi connectivity index (χ0) is 14.7. The first-order chi connectivity index (χ1) is 9.49. The SMILES string of the molecule is C[C@H](NC(=O)C1CCCC1C(=O)O)c1ccc(Cl)cc1. The van der Waals surface area contributed by atoms with Crippen LogP contribution in [0.5, 0.6) is 0 Å². The minimum absolute atomic E-state index is 0.158. The summed E-state index contributed by atoms with van der Waals surface area (Å²) < 4.78 is 0. The Bertz CT molecular complexity index is 500. The molecule has 108 valence electrons. The van der Waals surface area contributed by atoms with Gasteiger partial charge in [-0.05, 0) is 37.5 Å². The van der Waals surface area contributed by atoms with Crippen LogP contribution in [0.3, 0.4) is 0 Å². The van der Waals surface area contributed by atoms with Crippen molar-refractivity contribution in [2.45, 2.75) is 32.2 Å². The maximum atomic E-state index is 12.2. The van der Waals surface area contributed by atoms with Gasteiger partial charge in [-0.15, -0.1) is 0 Å². The molecule has 0 bridgehead atoms. The second kappa shape index (κ2) is 6.27. The highest BCUT2D eigenvalue weighted by atomic mass is 35.5. The molecule has 0 radical (unpaired) electrons. The van der Waals surface area contributed by atoms with Crippen molar-refractivity contribution < 1.29 is 14.7 Å². The van der Waals surface area contributed by atoms with E-state index in [0.29, 0.717) is 17.9 Å². The number of aliphatic carboxylic acids is 1. The van der Waals surface area contributed by atoms with Crippen molar-refractivity contribution in [3.8, 4) is 0 Å². The highest BCUT2D eigenvalue weighted by Gasteiger charge is 2.38. The summed E-state index contributed by atoms with van der Waals surface area (Å²) in [5, 5.41) is 12.7. The number of hydrogen-bond donors (Lipinski definition) is 2. The van der Waals surface area contributed by atoms with Gasteiger partial charge in [0.15, 0.2) is 0 Å². The summed E-state index contributed by atoms with van der Waals surface area (Å²) in [6.07, 6.45) is 2.03. The second-order valence-electron chi connectivity index (χ2n) is 5.26. The van der Waals surface area contributed by atoms with Gasteiger partial charge >= 0.3 is 5.97 Å². The van der Waals surface area contributed by atoms with E-state index >= 15 is 0 Å². The van der Waals surface area contributed by atoms with Gasteiger partial charge in [-0.3, -0.25) is 9.59 Å². The molecule has 5 heteroatoms. The van der Waals surface area contributed by atoms with Crippen molar-refractivity contribution in [2.24, 2.45) is 11.8 Å². The first kappa shape index (κ1) is 14.9. The van der Waals surface area contributed by atoms with Crippen molar-refractivity contribution >= 4 is 23.5 Å². The van der Waals surface area contributed by atoms with E-state index in [9.17, 15) is 9.59 Å². The molecule has 0 spiro atoms. The van der Waals surface area contributed by atoms with Crippen molar-refractivity contribution in [1.82, 2.24) is 5.32 Å². The lowest BCUT2D eigenvalue weighted by Crippen LogP contribution is -2.36. The number of carbonyl (C=O) groups excluding carboxylic acids is 1. The van der Waals surface area contributed by atoms with Crippen molar-refractivity contribution in [3.63, 3.8) is 0 Å². The molecule has 1 amide bonds. The number of carbonyl (C=O) groups is 2. The summed E-state index contributed by atoms with van der Waals surface area (Å²) in [4.78, 5) is 23.3. The first-order valence-corrected chi connectivity index (χ1v) is 7.15. The van der Waals surface area contributed by atoms with Crippen LogP contribution in [-0.4, -0.2) is 17.0 Å². The maximum Gasteiger partial charge on any atom is 0.307 e. The smallest absolute Gasteiger partial charge is 0.307 e. The van der Waals surface area contributed by atoms with Crippen molar-refractivity contribution in [2.75, 3.05) is 0 Å². The van der Waals surface area contributed by atoms with Gasteiger partial charge in [0.25, 0.3) is 0 Å². The molecule has 0 aliphatic heterocycles. The molecule has 2 rings (SSSR count). The largest absolute Gasteiger partial charge is 0.481 e. The number of amides is 1. The fourth-order valence-corrected chi connectivity index (χ4v) is 2.85. The predicted molar refractivity (Wildman–Crippen MR) is 76.5 cm³/mol. The highest BCUT2D eigenvalue weighted by molar-refractivity contribution is 6.30. The summed E-state index contributed by atoms with van der Waals surface area (Å²) >= 11 is 5.83. The molecule has 3 atom stereocenters. The Hall–Kier alpha value is -1.55. The third kappa shape index (κ3) is 3.31. The van der Waals surface area contributed by atoms with Crippen LogP contribution in [0.2, 0.25) is 5.02 Å². The van der Waals surface area contributed by atoms with E-state index in [0.717, 1.165) is 12.0 Å². The van der Waals surface area contributed by atoms with Crippen LogP contribution in [0.15, 0.2) is 24.3 Å². The van der Waals surface area contributed by atoms with E-state index in [4.69, 9.17) is 16.7 Å². The monoisotopic (exact) mass is 295 g/mol. The molecule has 1 saturated carbocycles. The minimum Gasteiger partial charge on any atom is -0.481 e. The fraction of sp³-hybridized carbons (Fsp3) is 0.467. The number of benzene rings is 1. The Labute approximate surface area is 123 Å². The Morgan fingerprint density at radius 1 is 1.25 bits per heavy atom. The van der Waals surface area contributed by atoms with Gasteiger partial charge in [0, 0.05) is 5.02 Å². The van der Waals surface area contributed by atoms with Crippen LogP contribution < -0.4 is 5.32 Å². The molecule has 1 fully saturated rings. The lowest BCUT2D eigenvalue weighted by molar-refractivity contribution is -0.146. The molecule has 0 saturated heterocycles. The summed E-state index contributed by atoms with van der Waals surface area (Å²) in [6.45, 7) is 1.88. The van der Waals surface area contributed by atoms with E-state index in [-0.39, 0.29) is 11.9 Å². The summed E-state index contributed by atoms with van der Waals surface area (Å²) in [7, 11) is 0. The third-order valence-corrected chi connectivity index (χ3v) is 4.15. The number of carboxylic acids is 1. The molecule has 1 aromatic carbocycles. The third-order valence-electron chi connectivity index (χ3n) is 3.90. The number of halogens is 1. The van der Waals surface area contributed by atoms with E-state index in [2.05, 4.69) is 5.32 Å². The predicted octanol–water partition coefficient (Wildman–Crippen LogP) is 3.02. The van der Waals surface area contributed by atoms with Gasteiger partial charge in [-0.2, -0.15) is 0 Å². The highest BCUT2D eigenvalue weighted by Crippen LogP contribution is 2.32. The zero-order valence-corrected chi connectivity index (χ0v) is 12.1. The summed E-state index contributed by atoms with van der Waals surface area (Å²) in [6, 6.07) is 7.10. The molecule has 2 N–H and O–H groups in total. The second-order valence-corrected chi connectivity index (χ2v) is 5.70. The van der Waals surface area contributed by atoms with E-state index in [1.807, 2.05) is 19.1 Å². The normalized spacial score (nSPS) is 23.3. The molecule has 1 aliphatic carbocycles. The Morgan fingerprint density at radius 2 is 1.85 bits per heavy atom. The number of nitrogens with one attached hydrogen (secondary N) is 1. The Kier molecular flexibility index (Phi) is 4.65. The van der Waals surface area contributed by atoms with Crippen LogP contribution >= 0.6 is 11.6 Å². The Morgan fingerprint density at radius 3 is 2.45 bits per heavy atom. The van der Waals surface area contributed by atoms with Gasteiger partial charge in [-0.25, -0.2) is 0 Å². The topological polar surface area (TPSA) is 66.4 Å². The first-order valence-electron chi connectivity index (χ1n) is 6.77. The van der Waals surface area contributed by atoms with Gasteiger partial charge < -0.3 is 10.4 Å². The average Bonchev–Trinajstić information content (AvgIpc) is 2.88. The van der Waals surface area contributed by atoms with Gasteiger partial charge in [0.05, 0.1) is 17.9 Å². The molecule has 2 unspecified atom stereocenters. The standard InChI is InChI=1S/C15H18ClNO3/c1-9(10-5-7-11(16)8-6-10)17-14(18)12-3-2-4-13(12)15(19)20/h5-9,12-13H,2-4H2,1H3,(H,17,18)(H,19,20)/t9-,12?,13?/m0/s1. The fourth-order valence-electron chi connectivity index (χ4n) is 2.72. The molecule has 1 aliphatic rings. The molecule has 1 aromatic rings. The van der Waals surface area contributed by atoms with Crippen LogP contribution in [0.1, 0.15) is 37.8 Å². The van der Waals surface area contributed by atoms with Crippen LogP contribution in [0, 0.1) is 11.8 Å². The molecule has 4 nitrogen and oxygen atoms in total. The van der Waals surface area contributed by atoms with Crippen LogP contribution in [-0.2, 0) is 9.59 Å². The van der Waals surface area contributed by atoms with E-state index < -0.39 is 17.8 Å². The molecule has 0 heterocycles. The van der Waals surface area contributed by atoms with E-state index in [1.54, 1.807) is 12.1 Å². The Balaban J connectivity index is 2.00. The maximum absolute atomic E-state index is 12.2. The summed E-state index contributed by atoms with van der Waals surface area (Å²) in [5.41, 5.74) is 0.952. The van der Waals surface area contributed by atoms with Crippen molar-refractivity contribution in [3.05, 3.63) is 34.9 Å². The van der Waals surface area contributed by atoms with E-state index in [1.165, 1.54) is 0 Å². The molecular weight excluding hydrogens is 278 g/mol. The molecule has 0 aromatic heterocycles. The van der Waals surface area contributed by atoms with Crippen LogP contribution in [0.4, 0.5) is 0 Å². The van der Waals surface area contributed by atoms with Crippen molar-refractivity contribution in [1.29, 1.82) is 0 Å². The zero-order valence-electron chi connectivity index (χ0n) is 11.3. The molecule has 20 heavy (non-hydrogen) atoms. The van der Waals surface area contributed by atoms with Crippen LogP contribution in [0.25, 0.3) is 0 Å². The quantitative estimate of drug-likeness (QED) is 0.897. The minimum atomic E-state index is -0.873. The van der Waals surface area contributed by atoms with Gasteiger partial charge in [-0.1, -0.05) is 30.2 Å².